The van der Waals surface area contributed by atoms with Gasteiger partial charge in [0.2, 0.25) is 5.91 Å². The minimum absolute atomic E-state index is 0.0162. The lowest BCUT2D eigenvalue weighted by Crippen LogP contribution is -2.41. The van der Waals surface area contributed by atoms with Crippen molar-refractivity contribution in [2.75, 3.05) is 19.7 Å². The van der Waals surface area contributed by atoms with Crippen molar-refractivity contribution in [2.45, 2.75) is 36.1 Å². The number of aromatic amines is 1. The summed E-state index contributed by atoms with van der Waals surface area (Å²) in [5.74, 6) is -0.578. The predicted molar refractivity (Wildman–Crippen MR) is 118 cm³/mol. The highest BCUT2D eigenvalue weighted by Crippen LogP contribution is 2.36. The molecule has 2 aromatic carbocycles. The molecule has 0 radical (unpaired) electrons. The monoisotopic (exact) mass is 440 g/mol. The highest BCUT2D eigenvalue weighted by molar-refractivity contribution is 7.99. The van der Waals surface area contributed by atoms with Gasteiger partial charge in [-0.05, 0) is 38.0 Å². The van der Waals surface area contributed by atoms with Gasteiger partial charge in [-0.15, -0.1) is 0 Å². The molecule has 7 heteroatoms. The molecule has 1 fully saturated rings. The Kier molecular flexibility index (Phi) is 6.61. The summed E-state index contributed by atoms with van der Waals surface area (Å²) < 4.78 is 19.3. The zero-order valence-corrected chi connectivity index (χ0v) is 18.2. The number of hydrogen-bond donors (Lipinski definition) is 1. The molecule has 4 rings (SSSR count). The lowest BCUT2D eigenvalue weighted by Gasteiger charge is -2.31. The van der Waals surface area contributed by atoms with Crippen molar-refractivity contribution in [3.05, 3.63) is 59.9 Å². The Morgan fingerprint density at radius 1 is 1.13 bits per heavy atom. The third-order valence-electron chi connectivity index (χ3n) is 5.62. The molecule has 5 nitrogen and oxygen atoms in total. The largest absolute Gasteiger partial charge is 0.466 e. The SMILES string of the molecule is CCOC(=O)C1CCN(C(=O)Cc2c(Sc3ccccc3F)[nH]c3ccccc23)CC1. The second-order valence-electron chi connectivity index (χ2n) is 7.59. The smallest absolute Gasteiger partial charge is 0.309 e. The maximum atomic E-state index is 14.2. The molecule has 1 aromatic heterocycles. The molecule has 31 heavy (non-hydrogen) atoms. The highest BCUT2D eigenvalue weighted by atomic mass is 32.2. The summed E-state index contributed by atoms with van der Waals surface area (Å²) >= 11 is 1.30. The molecule has 1 aliphatic heterocycles. The number of para-hydroxylation sites is 1. The number of H-pyrrole nitrogens is 1. The maximum Gasteiger partial charge on any atom is 0.309 e. The van der Waals surface area contributed by atoms with E-state index in [2.05, 4.69) is 4.98 Å². The number of likely N-dealkylation sites (tertiary alicyclic amines) is 1. The van der Waals surface area contributed by atoms with E-state index in [0.29, 0.717) is 37.4 Å². The number of fused-ring (bicyclic) bond motifs is 1. The van der Waals surface area contributed by atoms with Gasteiger partial charge in [-0.25, -0.2) is 4.39 Å². The fraction of sp³-hybridized carbons (Fsp3) is 0.333. The van der Waals surface area contributed by atoms with Crippen LogP contribution in [0.3, 0.4) is 0 Å². The fourth-order valence-corrected chi connectivity index (χ4v) is 4.96. The number of ether oxygens (including phenoxy) is 1. The van der Waals surface area contributed by atoms with Crippen molar-refractivity contribution in [1.29, 1.82) is 0 Å². The van der Waals surface area contributed by atoms with Crippen molar-refractivity contribution >= 4 is 34.5 Å². The minimum atomic E-state index is -0.288. The summed E-state index contributed by atoms with van der Waals surface area (Å²) in [7, 11) is 0. The van der Waals surface area contributed by atoms with Crippen molar-refractivity contribution in [1.82, 2.24) is 9.88 Å². The number of carbonyl (C=O) groups is 2. The van der Waals surface area contributed by atoms with Gasteiger partial charge in [0.25, 0.3) is 0 Å². The van der Waals surface area contributed by atoms with Crippen LogP contribution < -0.4 is 0 Å². The molecule has 2 heterocycles. The summed E-state index contributed by atoms with van der Waals surface area (Å²) in [6.07, 6.45) is 1.47. The first-order valence-corrected chi connectivity index (χ1v) is 11.3. The molecule has 1 N–H and O–H groups in total. The first-order valence-electron chi connectivity index (χ1n) is 10.5. The maximum absolute atomic E-state index is 14.2. The summed E-state index contributed by atoms with van der Waals surface area (Å²) in [6.45, 7) is 3.26. The van der Waals surface area contributed by atoms with Crippen LogP contribution in [0, 0.1) is 11.7 Å². The van der Waals surface area contributed by atoms with Gasteiger partial charge < -0.3 is 14.6 Å². The van der Waals surface area contributed by atoms with Crippen molar-refractivity contribution in [3.63, 3.8) is 0 Å². The summed E-state index contributed by atoms with van der Waals surface area (Å²) in [4.78, 5) is 30.7. The number of rotatable bonds is 6. The number of benzene rings is 2. The number of piperidine rings is 1. The van der Waals surface area contributed by atoms with Gasteiger partial charge in [0.15, 0.2) is 0 Å². The van der Waals surface area contributed by atoms with Gasteiger partial charge in [0, 0.05) is 34.5 Å². The molecule has 0 unspecified atom stereocenters. The second-order valence-corrected chi connectivity index (χ2v) is 8.65. The highest BCUT2D eigenvalue weighted by Gasteiger charge is 2.29. The van der Waals surface area contributed by atoms with Gasteiger partial charge in [0.05, 0.1) is 24.0 Å². The van der Waals surface area contributed by atoms with Crippen LogP contribution in [-0.2, 0) is 20.7 Å². The first kappa shape index (κ1) is 21.4. The number of amides is 1. The summed E-state index contributed by atoms with van der Waals surface area (Å²) in [5, 5.41) is 1.75. The molecule has 0 bridgehead atoms. The third kappa shape index (κ3) is 4.77. The number of hydrogen-bond acceptors (Lipinski definition) is 4. The molecule has 0 spiro atoms. The average molecular weight is 441 g/mol. The van der Waals surface area contributed by atoms with Crippen LogP contribution in [0.15, 0.2) is 58.5 Å². The van der Waals surface area contributed by atoms with Crippen LogP contribution >= 0.6 is 11.8 Å². The number of nitrogens with zero attached hydrogens (tertiary/aromatic N) is 1. The Morgan fingerprint density at radius 3 is 2.58 bits per heavy atom. The van der Waals surface area contributed by atoms with E-state index in [4.69, 9.17) is 4.74 Å². The summed E-state index contributed by atoms with van der Waals surface area (Å²) in [5.41, 5.74) is 1.80. The van der Waals surface area contributed by atoms with Crippen LogP contribution in [-0.4, -0.2) is 41.5 Å². The molecule has 1 aliphatic rings. The van der Waals surface area contributed by atoms with Crippen LogP contribution in [0.4, 0.5) is 4.39 Å². The molecule has 1 amide bonds. The van der Waals surface area contributed by atoms with E-state index < -0.39 is 0 Å². The zero-order chi connectivity index (χ0) is 21.8. The first-order chi connectivity index (χ1) is 15.1. The molecule has 3 aromatic rings. The van der Waals surface area contributed by atoms with Crippen molar-refractivity contribution in [3.8, 4) is 0 Å². The van der Waals surface area contributed by atoms with Crippen molar-refractivity contribution < 1.29 is 18.7 Å². The quantitative estimate of drug-likeness (QED) is 0.559. The Hall–Kier alpha value is -2.80. The van der Waals surface area contributed by atoms with Crippen LogP contribution in [0.25, 0.3) is 10.9 Å². The standard InChI is InChI=1S/C24H25FN2O3S/c1-2-30-24(29)16-11-13-27(14-12-16)22(28)15-18-17-7-3-5-9-20(17)26-23(18)31-21-10-6-4-8-19(21)25/h3-10,16,26H,2,11-15H2,1H3. The number of nitrogens with one attached hydrogen (secondary N) is 1. The van der Waals surface area contributed by atoms with E-state index in [1.54, 1.807) is 25.1 Å². The predicted octanol–water partition coefficient (Wildman–Crippen LogP) is 4.80. The van der Waals surface area contributed by atoms with Crippen LogP contribution in [0.5, 0.6) is 0 Å². The Morgan fingerprint density at radius 2 is 1.84 bits per heavy atom. The molecule has 0 saturated carbocycles. The van der Waals surface area contributed by atoms with Crippen molar-refractivity contribution in [2.24, 2.45) is 5.92 Å². The number of halogens is 1. The van der Waals surface area contributed by atoms with E-state index in [-0.39, 0.29) is 30.0 Å². The molecular weight excluding hydrogens is 415 g/mol. The van der Waals surface area contributed by atoms with Gasteiger partial charge in [0.1, 0.15) is 5.82 Å². The third-order valence-corrected chi connectivity index (χ3v) is 6.72. The Labute approximate surface area is 185 Å². The van der Waals surface area contributed by atoms with Gasteiger partial charge in [-0.2, -0.15) is 0 Å². The molecule has 1 saturated heterocycles. The van der Waals surface area contributed by atoms with Crippen LogP contribution in [0.2, 0.25) is 0 Å². The normalized spacial score (nSPS) is 14.7. The lowest BCUT2D eigenvalue weighted by atomic mass is 9.96. The van der Waals surface area contributed by atoms with Gasteiger partial charge in [-0.3, -0.25) is 9.59 Å². The molecule has 162 valence electrons. The molecular formula is C24H25FN2O3S. The minimum Gasteiger partial charge on any atom is -0.466 e. The fourth-order valence-electron chi connectivity index (χ4n) is 3.96. The zero-order valence-electron chi connectivity index (χ0n) is 17.4. The second kappa shape index (κ2) is 9.56. The number of esters is 1. The molecule has 0 atom stereocenters. The summed E-state index contributed by atoms with van der Waals surface area (Å²) in [6, 6.07) is 14.4. The van der Waals surface area contributed by atoms with E-state index in [1.807, 2.05) is 29.2 Å². The van der Waals surface area contributed by atoms with Gasteiger partial charge >= 0.3 is 5.97 Å². The topological polar surface area (TPSA) is 62.4 Å². The Balaban J connectivity index is 1.52. The van der Waals surface area contributed by atoms with E-state index in [9.17, 15) is 14.0 Å². The van der Waals surface area contributed by atoms with E-state index >= 15 is 0 Å². The number of carbonyl (C=O) groups excluding carboxylic acids is 2. The average Bonchev–Trinajstić information content (AvgIpc) is 3.12. The molecule has 0 aliphatic carbocycles. The van der Waals surface area contributed by atoms with Crippen LogP contribution in [0.1, 0.15) is 25.3 Å². The lowest BCUT2D eigenvalue weighted by molar-refractivity contribution is -0.151. The number of aromatic nitrogens is 1. The van der Waals surface area contributed by atoms with E-state index in [0.717, 1.165) is 21.5 Å². The van der Waals surface area contributed by atoms with E-state index in [1.165, 1.54) is 17.8 Å². The van der Waals surface area contributed by atoms with Gasteiger partial charge in [-0.1, -0.05) is 42.1 Å². The Bertz CT molecular complexity index is 1090.